The van der Waals surface area contributed by atoms with E-state index in [1.807, 2.05) is 25.1 Å². The summed E-state index contributed by atoms with van der Waals surface area (Å²) in [4.78, 5) is 4.31. The third-order valence-electron chi connectivity index (χ3n) is 2.19. The van der Waals surface area contributed by atoms with Gasteiger partial charge in [-0.25, -0.2) is 4.98 Å². The molecule has 0 bridgehead atoms. The summed E-state index contributed by atoms with van der Waals surface area (Å²) in [5, 5.41) is 0. The minimum Gasteiger partial charge on any atom is -0.447 e. The van der Waals surface area contributed by atoms with Gasteiger partial charge in [-0.15, -0.1) is 0 Å². The molecular formula is C12H14N2O. The van der Waals surface area contributed by atoms with Gasteiger partial charge in [0.25, 0.3) is 0 Å². The zero-order chi connectivity index (χ0) is 10.7. The Labute approximate surface area is 88.9 Å². The summed E-state index contributed by atoms with van der Waals surface area (Å²) in [6.45, 7) is 1.86. The number of nitrogens with zero attached hydrogens (tertiary/aromatic N) is 1. The third-order valence-corrected chi connectivity index (χ3v) is 2.19. The van der Waals surface area contributed by atoms with E-state index in [-0.39, 0.29) is 6.04 Å². The van der Waals surface area contributed by atoms with Crippen molar-refractivity contribution >= 4 is 0 Å². The van der Waals surface area contributed by atoms with Gasteiger partial charge in [0.1, 0.15) is 6.26 Å². The standard InChI is InChI=1S/C12H14N2O/c1-9(13)12-14-11(8-15-12)7-10-5-3-2-4-6-10/h2-6,8-9H,7,13H2,1H3. The maximum absolute atomic E-state index is 5.66. The van der Waals surface area contributed by atoms with Crippen LogP contribution in [0, 0.1) is 0 Å². The largest absolute Gasteiger partial charge is 0.447 e. The molecule has 0 spiro atoms. The van der Waals surface area contributed by atoms with Crippen LogP contribution in [0.25, 0.3) is 0 Å². The Morgan fingerprint density at radius 1 is 1.33 bits per heavy atom. The molecular weight excluding hydrogens is 188 g/mol. The Morgan fingerprint density at radius 2 is 2.07 bits per heavy atom. The molecule has 0 saturated heterocycles. The predicted molar refractivity (Wildman–Crippen MR) is 58.4 cm³/mol. The highest BCUT2D eigenvalue weighted by Crippen LogP contribution is 2.12. The molecule has 0 amide bonds. The highest BCUT2D eigenvalue weighted by Gasteiger charge is 2.07. The van der Waals surface area contributed by atoms with E-state index in [4.69, 9.17) is 10.2 Å². The van der Waals surface area contributed by atoms with E-state index < -0.39 is 0 Å². The van der Waals surface area contributed by atoms with Crippen molar-refractivity contribution in [3.05, 3.63) is 53.7 Å². The molecule has 2 rings (SSSR count). The molecule has 2 N–H and O–H groups in total. The zero-order valence-corrected chi connectivity index (χ0v) is 8.68. The lowest BCUT2D eigenvalue weighted by Crippen LogP contribution is -2.05. The molecule has 78 valence electrons. The number of aromatic nitrogens is 1. The molecule has 1 unspecified atom stereocenters. The first-order valence-electron chi connectivity index (χ1n) is 4.99. The van der Waals surface area contributed by atoms with Gasteiger partial charge in [-0.1, -0.05) is 30.3 Å². The Morgan fingerprint density at radius 3 is 2.67 bits per heavy atom. The van der Waals surface area contributed by atoms with E-state index in [0.717, 1.165) is 12.1 Å². The predicted octanol–water partition coefficient (Wildman–Crippen LogP) is 2.29. The highest BCUT2D eigenvalue weighted by molar-refractivity contribution is 5.20. The number of oxazole rings is 1. The quantitative estimate of drug-likeness (QED) is 0.830. The molecule has 0 fully saturated rings. The molecule has 0 aliphatic rings. The van der Waals surface area contributed by atoms with Crippen molar-refractivity contribution in [2.24, 2.45) is 5.73 Å². The lowest BCUT2D eigenvalue weighted by Gasteiger charge is -1.97. The van der Waals surface area contributed by atoms with E-state index >= 15 is 0 Å². The molecule has 1 atom stereocenters. The fraction of sp³-hybridized carbons (Fsp3) is 0.250. The van der Waals surface area contributed by atoms with Crippen LogP contribution in [0.5, 0.6) is 0 Å². The van der Waals surface area contributed by atoms with Gasteiger partial charge in [-0.2, -0.15) is 0 Å². The molecule has 2 aromatic rings. The molecule has 0 saturated carbocycles. The fourth-order valence-corrected chi connectivity index (χ4v) is 1.42. The van der Waals surface area contributed by atoms with Gasteiger partial charge in [0.2, 0.25) is 5.89 Å². The maximum atomic E-state index is 5.66. The summed E-state index contributed by atoms with van der Waals surface area (Å²) in [6.07, 6.45) is 2.46. The minimum absolute atomic E-state index is 0.144. The van der Waals surface area contributed by atoms with Crippen LogP contribution in [0.15, 0.2) is 41.0 Å². The zero-order valence-electron chi connectivity index (χ0n) is 8.68. The van der Waals surface area contributed by atoms with Crippen LogP contribution < -0.4 is 5.73 Å². The first-order valence-corrected chi connectivity index (χ1v) is 4.99. The van der Waals surface area contributed by atoms with Crippen LogP contribution in [-0.2, 0) is 6.42 Å². The third kappa shape index (κ3) is 2.44. The first kappa shape index (κ1) is 9.93. The summed E-state index contributed by atoms with van der Waals surface area (Å²) < 4.78 is 5.26. The van der Waals surface area contributed by atoms with Gasteiger partial charge in [0.15, 0.2) is 0 Å². The van der Waals surface area contributed by atoms with E-state index in [2.05, 4.69) is 17.1 Å². The molecule has 3 nitrogen and oxygen atoms in total. The van der Waals surface area contributed by atoms with E-state index in [9.17, 15) is 0 Å². The second kappa shape index (κ2) is 4.28. The Kier molecular flexibility index (Phi) is 2.83. The summed E-state index contributed by atoms with van der Waals surface area (Å²) >= 11 is 0. The van der Waals surface area contributed by atoms with Crippen molar-refractivity contribution in [1.29, 1.82) is 0 Å². The average molecular weight is 202 g/mol. The normalized spacial score (nSPS) is 12.7. The molecule has 1 aromatic heterocycles. The second-order valence-electron chi connectivity index (χ2n) is 3.63. The fourth-order valence-electron chi connectivity index (χ4n) is 1.42. The van der Waals surface area contributed by atoms with Crippen molar-refractivity contribution in [2.75, 3.05) is 0 Å². The molecule has 15 heavy (non-hydrogen) atoms. The number of hydrogen-bond acceptors (Lipinski definition) is 3. The second-order valence-corrected chi connectivity index (χ2v) is 3.63. The number of hydrogen-bond donors (Lipinski definition) is 1. The smallest absolute Gasteiger partial charge is 0.210 e. The van der Waals surface area contributed by atoms with Gasteiger partial charge >= 0.3 is 0 Å². The molecule has 1 aromatic carbocycles. The van der Waals surface area contributed by atoms with Crippen molar-refractivity contribution in [2.45, 2.75) is 19.4 Å². The lowest BCUT2D eigenvalue weighted by atomic mass is 10.1. The van der Waals surface area contributed by atoms with Gasteiger partial charge < -0.3 is 10.2 Å². The Balaban J connectivity index is 2.12. The topological polar surface area (TPSA) is 52.0 Å². The molecule has 1 heterocycles. The summed E-state index contributed by atoms with van der Waals surface area (Å²) in [5.41, 5.74) is 7.81. The van der Waals surface area contributed by atoms with Crippen molar-refractivity contribution in [3.63, 3.8) is 0 Å². The minimum atomic E-state index is -0.144. The molecule has 3 heteroatoms. The van der Waals surface area contributed by atoms with Crippen LogP contribution in [0.2, 0.25) is 0 Å². The maximum Gasteiger partial charge on any atom is 0.210 e. The van der Waals surface area contributed by atoms with E-state index in [0.29, 0.717) is 5.89 Å². The van der Waals surface area contributed by atoms with Crippen LogP contribution in [-0.4, -0.2) is 4.98 Å². The lowest BCUT2D eigenvalue weighted by molar-refractivity contribution is 0.463. The highest BCUT2D eigenvalue weighted by atomic mass is 16.3. The van der Waals surface area contributed by atoms with Crippen molar-refractivity contribution in [1.82, 2.24) is 4.98 Å². The van der Waals surface area contributed by atoms with Crippen LogP contribution in [0.3, 0.4) is 0 Å². The monoisotopic (exact) mass is 202 g/mol. The molecule has 0 aliphatic carbocycles. The molecule has 0 radical (unpaired) electrons. The average Bonchev–Trinajstić information content (AvgIpc) is 2.68. The van der Waals surface area contributed by atoms with Crippen LogP contribution in [0.4, 0.5) is 0 Å². The number of rotatable bonds is 3. The number of benzene rings is 1. The van der Waals surface area contributed by atoms with Crippen LogP contribution in [0.1, 0.15) is 30.1 Å². The van der Waals surface area contributed by atoms with E-state index in [1.54, 1.807) is 6.26 Å². The summed E-state index contributed by atoms with van der Waals surface area (Å²) in [7, 11) is 0. The first-order chi connectivity index (χ1) is 7.25. The van der Waals surface area contributed by atoms with E-state index in [1.165, 1.54) is 5.56 Å². The SMILES string of the molecule is CC(N)c1nc(Cc2ccccc2)co1. The van der Waals surface area contributed by atoms with Gasteiger partial charge in [-0.05, 0) is 12.5 Å². The Bertz CT molecular complexity index is 420. The van der Waals surface area contributed by atoms with Crippen molar-refractivity contribution < 1.29 is 4.42 Å². The van der Waals surface area contributed by atoms with Gasteiger partial charge in [-0.3, -0.25) is 0 Å². The van der Waals surface area contributed by atoms with Crippen molar-refractivity contribution in [3.8, 4) is 0 Å². The molecule has 0 aliphatic heterocycles. The Hall–Kier alpha value is -1.61. The van der Waals surface area contributed by atoms with Gasteiger partial charge in [0, 0.05) is 6.42 Å². The summed E-state index contributed by atoms with van der Waals surface area (Å²) in [6, 6.07) is 10.0. The van der Waals surface area contributed by atoms with Crippen LogP contribution >= 0.6 is 0 Å². The summed E-state index contributed by atoms with van der Waals surface area (Å²) in [5.74, 6) is 0.598. The van der Waals surface area contributed by atoms with Gasteiger partial charge in [0.05, 0.1) is 11.7 Å². The number of nitrogens with two attached hydrogens (primary N) is 1.